The van der Waals surface area contributed by atoms with Gasteiger partial charge in [0, 0.05) is 5.69 Å². The van der Waals surface area contributed by atoms with E-state index < -0.39 is 0 Å². The van der Waals surface area contributed by atoms with Crippen molar-refractivity contribution in [3.05, 3.63) is 53.1 Å². The van der Waals surface area contributed by atoms with Crippen LogP contribution in [-0.2, 0) is 6.42 Å². The number of hydrogen-bond donors (Lipinski definition) is 2. The van der Waals surface area contributed by atoms with Crippen LogP contribution in [0.2, 0.25) is 0 Å². The number of rotatable bonds is 3. The van der Waals surface area contributed by atoms with Crippen molar-refractivity contribution in [3.8, 4) is 5.75 Å². The second kappa shape index (κ2) is 5.08. The summed E-state index contributed by atoms with van der Waals surface area (Å²) in [4.78, 5) is 0. The average Bonchev–Trinajstić information content (AvgIpc) is 2.83. The Morgan fingerprint density at radius 3 is 2.85 bits per heavy atom. The molecule has 0 amide bonds. The van der Waals surface area contributed by atoms with Gasteiger partial charge in [0.1, 0.15) is 5.75 Å². The van der Waals surface area contributed by atoms with Crippen molar-refractivity contribution in [2.24, 2.45) is 0 Å². The van der Waals surface area contributed by atoms with Crippen molar-refractivity contribution in [2.45, 2.75) is 25.8 Å². The zero-order chi connectivity index (χ0) is 14.1. The number of ether oxygens (including phenoxy) is 1. The summed E-state index contributed by atoms with van der Waals surface area (Å²) in [5, 5.41) is 3.60. The number of anilines is 2. The van der Waals surface area contributed by atoms with E-state index >= 15 is 0 Å². The first kappa shape index (κ1) is 12.9. The molecule has 0 saturated carbocycles. The van der Waals surface area contributed by atoms with Gasteiger partial charge in [-0.2, -0.15) is 0 Å². The van der Waals surface area contributed by atoms with Crippen molar-refractivity contribution in [2.75, 3.05) is 18.2 Å². The van der Waals surface area contributed by atoms with Gasteiger partial charge < -0.3 is 15.8 Å². The Bertz CT molecular complexity index is 637. The molecule has 1 aliphatic rings. The highest BCUT2D eigenvalue weighted by molar-refractivity contribution is 5.60. The molecule has 0 fully saturated rings. The molecule has 3 nitrogen and oxygen atoms in total. The summed E-state index contributed by atoms with van der Waals surface area (Å²) < 4.78 is 5.46. The number of benzene rings is 2. The SMILES string of the molecule is COc1cc(C)ccc1NC1CCc2cc(N)ccc21. The van der Waals surface area contributed by atoms with Gasteiger partial charge in [0.2, 0.25) is 0 Å². The van der Waals surface area contributed by atoms with Crippen LogP contribution in [0.5, 0.6) is 5.75 Å². The molecule has 3 N–H and O–H groups in total. The molecule has 2 aromatic carbocycles. The Morgan fingerprint density at radius 1 is 1.20 bits per heavy atom. The fourth-order valence-corrected chi connectivity index (χ4v) is 2.89. The van der Waals surface area contributed by atoms with Crippen LogP contribution in [-0.4, -0.2) is 7.11 Å². The largest absolute Gasteiger partial charge is 0.495 e. The zero-order valence-electron chi connectivity index (χ0n) is 11.9. The summed E-state index contributed by atoms with van der Waals surface area (Å²) in [6.45, 7) is 2.07. The van der Waals surface area contributed by atoms with E-state index in [1.807, 2.05) is 6.07 Å². The van der Waals surface area contributed by atoms with Gasteiger partial charge in [0.25, 0.3) is 0 Å². The lowest BCUT2D eigenvalue weighted by Crippen LogP contribution is -2.08. The highest BCUT2D eigenvalue weighted by atomic mass is 16.5. The molecule has 0 saturated heterocycles. The van der Waals surface area contributed by atoms with E-state index in [0.29, 0.717) is 6.04 Å². The molecule has 1 unspecified atom stereocenters. The molecule has 0 aliphatic heterocycles. The summed E-state index contributed by atoms with van der Waals surface area (Å²) in [6, 6.07) is 12.8. The third-order valence-electron chi connectivity index (χ3n) is 3.93. The number of nitrogen functional groups attached to an aromatic ring is 1. The van der Waals surface area contributed by atoms with E-state index in [2.05, 4.69) is 42.6 Å². The van der Waals surface area contributed by atoms with E-state index in [1.54, 1.807) is 7.11 Å². The minimum absolute atomic E-state index is 0.335. The van der Waals surface area contributed by atoms with Crippen LogP contribution in [0, 0.1) is 6.92 Å². The molecule has 1 aliphatic carbocycles. The van der Waals surface area contributed by atoms with Gasteiger partial charge in [0.15, 0.2) is 0 Å². The Morgan fingerprint density at radius 2 is 2.05 bits per heavy atom. The third kappa shape index (κ3) is 2.31. The fraction of sp³-hybridized carbons (Fsp3) is 0.294. The van der Waals surface area contributed by atoms with Gasteiger partial charge in [0.05, 0.1) is 18.8 Å². The first-order chi connectivity index (χ1) is 9.67. The molecule has 3 heteroatoms. The van der Waals surface area contributed by atoms with Crippen LogP contribution in [0.4, 0.5) is 11.4 Å². The first-order valence-electron chi connectivity index (χ1n) is 6.97. The maximum Gasteiger partial charge on any atom is 0.142 e. The predicted molar refractivity (Wildman–Crippen MR) is 83.3 cm³/mol. The lowest BCUT2D eigenvalue weighted by Gasteiger charge is -2.18. The van der Waals surface area contributed by atoms with Crippen molar-refractivity contribution < 1.29 is 4.74 Å². The predicted octanol–water partition coefficient (Wildman–Crippen LogP) is 3.69. The number of fused-ring (bicyclic) bond motifs is 1. The van der Waals surface area contributed by atoms with E-state index in [0.717, 1.165) is 30.0 Å². The standard InChI is InChI=1S/C17H20N2O/c1-11-3-7-16(17(9-11)20-2)19-15-8-4-12-10-13(18)5-6-14(12)15/h3,5-7,9-10,15,19H,4,8,18H2,1-2H3. The van der Waals surface area contributed by atoms with Gasteiger partial charge in [-0.15, -0.1) is 0 Å². The van der Waals surface area contributed by atoms with Gasteiger partial charge in [-0.25, -0.2) is 0 Å². The Hall–Kier alpha value is -2.16. The quantitative estimate of drug-likeness (QED) is 0.835. The van der Waals surface area contributed by atoms with Crippen molar-refractivity contribution >= 4 is 11.4 Å². The van der Waals surface area contributed by atoms with Crippen molar-refractivity contribution in [1.29, 1.82) is 0 Å². The number of nitrogens with two attached hydrogens (primary N) is 1. The second-order valence-corrected chi connectivity index (χ2v) is 5.40. The summed E-state index contributed by atoms with van der Waals surface area (Å²) in [5.41, 5.74) is 11.6. The zero-order valence-corrected chi connectivity index (χ0v) is 11.9. The molecule has 0 spiro atoms. The summed E-state index contributed by atoms with van der Waals surface area (Å²) >= 11 is 0. The van der Waals surface area contributed by atoms with Gasteiger partial charge >= 0.3 is 0 Å². The van der Waals surface area contributed by atoms with Crippen LogP contribution in [0.15, 0.2) is 36.4 Å². The lowest BCUT2D eigenvalue weighted by atomic mass is 10.1. The highest BCUT2D eigenvalue weighted by Crippen LogP contribution is 2.37. The van der Waals surface area contributed by atoms with Gasteiger partial charge in [-0.05, 0) is 60.7 Å². The Labute approximate surface area is 119 Å². The van der Waals surface area contributed by atoms with Gasteiger partial charge in [-0.3, -0.25) is 0 Å². The minimum atomic E-state index is 0.335. The molecule has 0 heterocycles. The maximum atomic E-state index is 5.85. The van der Waals surface area contributed by atoms with Crippen molar-refractivity contribution in [3.63, 3.8) is 0 Å². The van der Waals surface area contributed by atoms with Gasteiger partial charge in [-0.1, -0.05) is 12.1 Å². The molecule has 0 aromatic heterocycles. The average molecular weight is 268 g/mol. The molecular weight excluding hydrogens is 248 g/mol. The van der Waals surface area contributed by atoms with E-state index in [4.69, 9.17) is 10.5 Å². The molecule has 0 radical (unpaired) electrons. The monoisotopic (exact) mass is 268 g/mol. The van der Waals surface area contributed by atoms with E-state index in [-0.39, 0.29) is 0 Å². The number of hydrogen-bond acceptors (Lipinski definition) is 3. The van der Waals surface area contributed by atoms with Crippen LogP contribution in [0.1, 0.15) is 29.2 Å². The van der Waals surface area contributed by atoms with E-state index in [1.165, 1.54) is 16.7 Å². The Balaban J connectivity index is 1.87. The number of nitrogens with one attached hydrogen (secondary N) is 1. The minimum Gasteiger partial charge on any atom is -0.495 e. The summed E-state index contributed by atoms with van der Waals surface area (Å²) in [7, 11) is 1.71. The molecule has 104 valence electrons. The molecular formula is C17H20N2O. The molecule has 1 atom stereocenters. The summed E-state index contributed by atoms with van der Waals surface area (Å²) in [5.74, 6) is 0.897. The molecule has 20 heavy (non-hydrogen) atoms. The molecule has 3 rings (SSSR count). The molecule has 2 aromatic rings. The normalized spacial score (nSPS) is 16.8. The first-order valence-corrected chi connectivity index (χ1v) is 6.97. The lowest BCUT2D eigenvalue weighted by molar-refractivity contribution is 0.415. The summed E-state index contributed by atoms with van der Waals surface area (Å²) in [6.07, 6.45) is 2.17. The smallest absolute Gasteiger partial charge is 0.142 e. The van der Waals surface area contributed by atoms with Crippen LogP contribution >= 0.6 is 0 Å². The van der Waals surface area contributed by atoms with Crippen LogP contribution < -0.4 is 15.8 Å². The number of aryl methyl sites for hydroxylation is 2. The third-order valence-corrected chi connectivity index (χ3v) is 3.93. The fourth-order valence-electron chi connectivity index (χ4n) is 2.89. The van der Waals surface area contributed by atoms with Crippen molar-refractivity contribution in [1.82, 2.24) is 0 Å². The Kier molecular flexibility index (Phi) is 3.26. The molecule has 0 bridgehead atoms. The topological polar surface area (TPSA) is 47.3 Å². The maximum absolute atomic E-state index is 5.85. The van der Waals surface area contributed by atoms with Crippen LogP contribution in [0.3, 0.4) is 0 Å². The van der Waals surface area contributed by atoms with Crippen LogP contribution in [0.25, 0.3) is 0 Å². The van der Waals surface area contributed by atoms with E-state index in [9.17, 15) is 0 Å². The second-order valence-electron chi connectivity index (χ2n) is 5.40. The number of methoxy groups -OCH3 is 1. The highest BCUT2D eigenvalue weighted by Gasteiger charge is 2.23.